The Labute approximate surface area is 141 Å². The minimum atomic E-state index is -0.106. The summed E-state index contributed by atoms with van der Waals surface area (Å²) < 4.78 is 5.20. The minimum absolute atomic E-state index is 0.106. The number of nitrogens with zero attached hydrogens (tertiary/aromatic N) is 2. The summed E-state index contributed by atoms with van der Waals surface area (Å²) in [7, 11) is 1.63. The van der Waals surface area contributed by atoms with Crippen molar-refractivity contribution in [1.82, 2.24) is 4.98 Å². The maximum atomic E-state index is 9.53. The number of aryl methyl sites for hydroxylation is 1. The number of nitriles is 1. The molecule has 2 N–H and O–H groups in total. The summed E-state index contributed by atoms with van der Waals surface area (Å²) >= 11 is 0. The summed E-state index contributed by atoms with van der Waals surface area (Å²) in [6.45, 7) is 3.97. The summed E-state index contributed by atoms with van der Waals surface area (Å²) in [6.07, 6.45) is 0. The number of benzene rings is 2. The lowest BCUT2D eigenvalue weighted by Crippen LogP contribution is -2.07. The molecule has 0 saturated heterocycles. The van der Waals surface area contributed by atoms with Crippen LogP contribution in [0.3, 0.4) is 0 Å². The summed E-state index contributed by atoms with van der Waals surface area (Å²) in [5, 5.41) is 10.5. The molecule has 0 bridgehead atoms. The molecular weight excluding hydrogens is 298 g/mol. The molecule has 1 unspecified atom stereocenters. The number of ether oxygens (including phenoxy) is 1. The predicted molar refractivity (Wildman–Crippen MR) is 95.8 cm³/mol. The number of nitrogens with two attached hydrogens (primary N) is 1. The second kappa shape index (κ2) is 6.31. The van der Waals surface area contributed by atoms with Gasteiger partial charge in [-0.1, -0.05) is 18.2 Å². The van der Waals surface area contributed by atoms with Crippen LogP contribution in [0.4, 0.5) is 0 Å². The first-order valence-corrected chi connectivity index (χ1v) is 7.79. The molecule has 3 aromatic rings. The number of hydrogen-bond acceptors (Lipinski definition) is 4. The molecule has 0 amide bonds. The van der Waals surface area contributed by atoms with Gasteiger partial charge in [0.2, 0.25) is 0 Å². The summed E-state index contributed by atoms with van der Waals surface area (Å²) in [4.78, 5) is 4.57. The van der Waals surface area contributed by atoms with E-state index < -0.39 is 0 Å². The van der Waals surface area contributed by atoms with Crippen LogP contribution in [0.5, 0.6) is 5.75 Å². The first kappa shape index (κ1) is 16.0. The van der Waals surface area contributed by atoms with E-state index in [-0.39, 0.29) is 6.04 Å². The van der Waals surface area contributed by atoms with Crippen LogP contribution in [0.2, 0.25) is 0 Å². The van der Waals surface area contributed by atoms with Crippen molar-refractivity contribution in [3.8, 4) is 22.9 Å². The zero-order chi connectivity index (χ0) is 17.3. The molecule has 1 aromatic heterocycles. The Bertz CT molecular complexity index is 938. The van der Waals surface area contributed by atoms with Gasteiger partial charge in [0.05, 0.1) is 12.6 Å². The van der Waals surface area contributed by atoms with Gasteiger partial charge in [0.15, 0.2) is 0 Å². The smallest absolute Gasteiger partial charge is 0.149 e. The Morgan fingerprint density at radius 3 is 2.46 bits per heavy atom. The average molecular weight is 317 g/mol. The van der Waals surface area contributed by atoms with E-state index in [0.717, 1.165) is 38.9 Å². The van der Waals surface area contributed by atoms with E-state index in [2.05, 4.69) is 17.1 Å². The fourth-order valence-corrected chi connectivity index (χ4v) is 2.90. The normalized spacial score (nSPS) is 12.0. The van der Waals surface area contributed by atoms with Gasteiger partial charge in [-0.15, -0.1) is 0 Å². The first-order chi connectivity index (χ1) is 11.5. The molecule has 0 saturated carbocycles. The van der Waals surface area contributed by atoms with Crippen LogP contribution in [0.15, 0.2) is 42.5 Å². The highest BCUT2D eigenvalue weighted by Gasteiger charge is 2.13. The number of rotatable bonds is 3. The van der Waals surface area contributed by atoms with Crippen LogP contribution < -0.4 is 10.5 Å². The van der Waals surface area contributed by atoms with E-state index >= 15 is 0 Å². The SMILES string of the molecule is COc1ccc(-c2cc3c(C(C)N)cc(C)cc3nc2C#N)cc1. The van der Waals surface area contributed by atoms with Gasteiger partial charge in [-0.2, -0.15) is 5.26 Å². The number of fused-ring (bicyclic) bond motifs is 1. The second-order valence-electron chi connectivity index (χ2n) is 5.93. The Morgan fingerprint density at radius 2 is 1.88 bits per heavy atom. The number of aromatic nitrogens is 1. The molecule has 0 radical (unpaired) electrons. The van der Waals surface area contributed by atoms with Gasteiger partial charge < -0.3 is 10.5 Å². The molecule has 2 aromatic carbocycles. The number of hydrogen-bond donors (Lipinski definition) is 1. The molecule has 0 fully saturated rings. The largest absolute Gasteiger partial charge is 0.497 e. The van der Waals surface area contributed by atoms with Crippen LogP contribution >= 0.6 is 0 Å². The zero-order valence-electron chi connectivity index (χ0n) is 14.0. The second-order valence-corrected chi connectivity index (χ2v) is 5.93. The van der Waals surface area contributed by atoms with Crippen molar-refractivity contribution < 1.29 is 4.74 Å². The fourth-order valence-electron chi connectivity index (χ4n) is 2.90. The highest BCUT2D eigenvalue weighted by molar-refractivity contribution is 5.89. The van der Waals surface area contributed by atoms with Crippen molar-refractivity contribution in [3.05, 3.63) is 59.3 Å². The molecule has 1 heterocycles. The standard InChI is InChI=1S/C20H19N3O/c1-12-8-16(13(2)22)18-10-17(20(11-21)23-19(18)9-12)14-4-6-15(24-3)7-5-14/h4-10,13H,22H2,1-3H3. The lowest BCUT2D eigenvalue weighted by atomic mass is 9.96. The average Bonchev–Trinajstić information content (AvgIpc) is 2.59. The summed E-state index contributed by atoms with van der Waals surface area (Å²) in [5.41, 5.74) is 11.2. The Balaban J connectivity index is 2.28. The molecule has 120 valence electrons. The molecule has 0 aliphatic carbocycles. The molecule has 0 aliphatic heterocycles. The van der Waals surface area contributed by atoms with Gasteiger partial charge in [-0.25, -0.2) is 4.98 Å². The van der Waals surface area contributed by atoms with Crippen molar-refractivity contribution in [2.45, 2.75) is 19.9 Å². The lowest BCUT2D eigenvalue weighted by Gasteiger charge is -2.14. The predicted octanol–water partition coefficient (Wildman–Crippen LogP) is 4.11. The van der Waals surface area contributed by atoms with Crippen LogP contribution in [0.25, 0.3) is 22.0 Å². The molecule has 24 heavy (non-hydrogen) atoms. The van der Waals surface area contributed by atoms with E-state index in [9.17, 15) is 5.26 Å². The van der Waals surface area contributed by atoms with Gasteiger partial charge in [0.1, 0.15) is 17.5 Å². The fraction of sp³-hybridized carbons (Fsp3) is 0.200. The maximum Gasteiger partial charge on any atom is 0.149 e. The molecule has 1 atom stereocenters. The molecule has 4 heteroatoms. The van der Waals surface area contributed by atoms with Crippen molar-refractivity contribution in [1.29, 1.82) is 5.26 Å². The van der Waals surface area contributed by atoms with Gasteiger partial charge >= 0.3 is 0 Å². The van der Waals surface area contributed by atoms with Crippen LogP contribution in [0.1, 0.15) is 29.8 Å². The lowest BCUT2D eigenvalue weighted by molar-refractivity contribution is 0.415. The third kappa shape index (κ3) is 2.82. The Hall–Kier alpha value is -2.90. The van der Waals surface area contributed by atoms with Crippen molar-refractivity contribution in [2.75, 3.05) is 7.11 Å². The topological polar surface area (TPSA) is 71.9 Å². The van der Waals surface area contributed by atoms with E-state index in [1.165, 1.54) is 0 Å². The minimum Gasteiger partial charge on any atom is -0.497 e. The van der Waals surface area contributed by atoms with Gasteiger partial charge in [0.25, 0.3) is 0 Å². The monoisotopic (exact) mass is 317 g/mol. The highest BCUT2D eigenvalue weighted by atomic mass is 16.5. The molecule has 0 spiro atoms. The van der Waals surface area contributed by atoms with E-state index in [4.69, 9.17) is 10.5 Å². The van der Waals surface area contributed by atoms with Crippen LogP contribution in [0, 0.1) is 18.3 Å². The van der Waals surface area contributed by atoms with E-state index in [0.29, 0.717) is 5.69 Å². The summed E-state index contributed by atoms with van der Waals surface area (Å²) in [6, 6.07) is 15.8. The van der Waals surface area contributed by atoms with Crippen LogP contribution in [-0.4, -0.2) is 12.1 Å². The van der Waals surface area contributed by atoms with Crippen molar-refractivity contribution in [3.63, 3.8) is 0 Å². The van der Waals surface area contributed by atoms with Gasteiger partial charge in [-0.3, -0.25) is 0 Å². The molecule has 3 rings (SSSR count). The first-order valence-electron chi connectivity index (χ1n) is 7.79. The van der Waals surface area contributed by atoms with E-state index in [1.54, 1.807) is 7.11 Å². The Morgan fingerprint density at radius 1 is 1.17 bits per heavy atom. The number of pyridine rings is 1. The molecule has 0 aliphatic rings. The van der Waals surface area contributed by atoms with Gasteiger partial charge in [-0.05, 0) is 54.8 Å². The van der Waals surface area contributed by atoms with Crippen molar-refractivity contribution in [2.24, 2.45) is 5.73 Å². The molecule has 4 nitrogen and oxygen atoms in total. The van der Waals surface area contributed by atoms with E-state index in [1.807, 2.05) is 50.2 Å². The van der Waals surface area contributed by atoms with Gasteiger partial charge in [0, 0.05) is 17.0 Å². The number of methoxy groups -OCH3 is 1. The Kier molecular flexibility index (Phi) is 4.20. The summed E-state index contributed by atoms with van der Waals surface area (Å²) in [5.74, 6) is 0.776. The third-order valence-corrected chi connectivity index (χ3v) is 4.11. The maximum absolute atomic E-state index is 9.53. The third-order valence-electron chi connectivity index (χ3n) is 4.11. The molecular formula is C20H19N3O. The highest BCUT2D eigenvalue weighted by Crippen LogP contribution is 2.31. The van der Waals surface area contributed by atoms with Crippen molar-refractivity contribution >= 4 is 10.9 Å². The zero-order valence-corrected chi connectivity index (χ0v) is 14.0. The van der Waals surface area contributed by atoms with Crippen LogP contribution in [-0.2, 0) is 0 Å². The quantitative estimate of drug-likeness (QED) is 0.789.